The van der Waals surface area contributed by atoms with Gasteiger partial charge >= 0.3 is 0 Å². The van der Waals surface area contributed by atoms with Crippen LogP contribution in [-0.4, -0.2) is 17.1 Å². The Morgan fingerprint density at radius 3 is 2.68 bits per heavy atom. The zero-order valence-electron chi connectivity index (χ0n) is 15.5. The van der Waals surface area contributed by atoms with Gasteiger partial charge in [0.25, 0.3) is 0 Å². The first-order valence-electron chi connectivity index (χ1n) is 9.64. The van der Waals surface area contributed by atoms with E-state index in [1.165, 1.54) is 0 Å². The molecule has 28 heavy (non-hydrogen) atoms. The van der Waals surface area contributed by atoms with Crippen molar-refractivity contribution in [2.45, 2.75) is 44.3 Å². The van der Waals surface area contributed by atoms with E-state index in [2.05, 4.69) is 15.6 Å². The first-order valence-corrected chi connectivity index (χ1v) is 10.4. The molecular weight excluding hydrogens is 393 g/mol. The van der Waals surface area contributed by atoms with E-state index in [0.717, 1.165) is 54.5 Å². The van der Waals surface area contributed by atoms with Gasteiger partial charge < -0.3 is 15.6 Å². The lowest BCUT2D eigenvalue weighted by atomic mass is 9.90. The second kappa shape index (κ2) is 8.56. The summed E-state index contributed by atoms with van der Waals surface area (Å²) in [6, 6.07) is 15.8. The van der Waals surface area contributed by atoms with Crippen LogP contribution in [0.4, 0.5) is 5.82 Å². The number of aromatic nitrogens is 1. The predicted molar refractivity (Wildman–Crippen MR) is 118 cm³/mol. The van der Waals surface area contributed by atoms with Crippen molar-refractivity contribution in [3.63, 3.8) is 0 Å². The molecule has 0 saturated heterocycles. The highest BCUT2D eigenvalue weighted by molar-refractivity contribution is 6.42. The third-order valence-corrected chi connectivity index (χ3v) is 6.09. The molecule has 1 heterocycles. The van der Waals surface area contributed by atoms with Crippen molar-refractivity contribution in [2.75, 3.05) is 5.32 Å². The highest BCUT2D eigenvalue weighted by Crippen LogP contribution is 2.24. The summed E-state index contributed by atoms with van der Waals surface area (Å²) in [6.45, 7) is 0.765. The van der Waals surface area contributed by atoms with E-state index < -0.39 is 0 Å². The number of para-hydroxylation sites is 1. The SMILES string of the molecule is O=c1cc(N[C@H]2CCC[C@@H](NCc3ccc(Cl)c(Cl)c3)C2)[nH]c2ccccc12. The van der Waals surface area contributed by atoms with Gasteiger partial charge in [0, 0.05) is 30.1 Å². The van der Waals surface area contributed by atoms with E-state index in [0.29, 0.717) is 22.1 Å². The Kier molecular flexibility index (Phi) is 5.90. The van der Waals surface area contributed by atoms with E-state index in [9.17, 15) is 4.79 Å². The molecule has 1 saturated carbocycles. The number of hydrogen-bond acceptors (Lipinski definition) is 3. The summed E-state index contributed by atoms with van der Waals surface area (Å²) in [6.07, 6.45) is 4.40. The Hall–Kier alpha value is -2.01. The molecule has 2 aromatic carbocycles. The minimum Gasteiger partial charge on any atom is -0.369 e. The van der Waals surface area contributed by atoms with Crippen LogP contribution in [0.25, 0.3) is 10.9 Å². The molecule has 1 aromatic heterocycles. The van der Waals surface area contributed by atoms with E-state index in [4.69, 9.17) is 23.2 Å². The number of rotatable bonds is 5. The van der Waals surface area contributed by atoms with Gasteiger partial charge in [0.1, 0.15) is 5.82 Å². The van der Waals surface area contributed by atoms with Crippen LogP contribution in [0.3, 0.4) is 0 Å². The predicted octanol–water partition coefficient (Wildman–Crippen LogP) is 5.35. The third-order valence-electron chi connectivity index (χ3n) is 5.35. The van der Waals surface area contributed by atoms with Crippen molar-refractivity contribution in [3.8, 4) is 0 Å². The molecule has 1 fully saturated rings. The zero-order valence-corrected chi connectivity index (χ0v) is 17.0. The zero-order chi connectivity index (χ0) is 19.5. The van der Waals surface area contributed by atoms with Crippen molar-refractivity contribution >= 4 is 39.9 Å². The number of nitrogens with one attached hydrogen (secondary N) is 3. The van der Waals surface area contributed by atoms with Gasteiger partial charge in [-0.15, -0.1) is 0 Å². The number of benzene rings is 2. The third kappa shape index (κ3) is 4.52. The van der Waals surface area contributed by atoms with Crippen LogP contribution in [0.2, 0.25) is 10.0 Å². The maximum atomic E-state index is 12.3. The Morgan fingerprint density at radius 1 is 1.00 bits per heavy atom. The molecule has 3 aromatic rings. The average Bonchev–Trinajstić information content (AvgIpc) is 2.69. The lowest BCUT2D eigenvalue weighted by molar-refractivity contribution is 0.350. The highest BCUT2D eigenvalue weighted by atomic mass is 35.5. The Balaban J connectivity index is 1.38. The summed E-state index contributed by atoms with van der Waals surface area (Å²) in [5.74, 6) is 0.791. The fraction of sp³-hybridized carbons (Fsp3) is 0.318. The molecular formula is C22H23Cl2N3O. The van der Waals surface area contributed by atoms with Crippen LogP contribution >= 0.6 is 23.2 Å². The topological polar surface area (TPSA) is 56.9 Å². The second-order valence-electron chi connectivity index (χ2n) is 7.43. The molecule has 0 amide bonds. The molecule has 4 rings (SSSR count). The Bertz CT molecular complexity index is 1030. The first kappa shape index (κ1) is 19.3. The second-order valence-corrected chi connectivity index (χ2v) is 8.24. The molecule has 2 atom stereocenters. The summed E-state index contributed by atoms with van der Waals surface area (Å²) in [5, 5.41) is 9.04. The van der Waals surface area contributed by atoms with Crippen LogP contribution in [0, 0.1) is 0 Å². The molecule has 0 aliphatic heterocycles. The average molecular weight is 416 g/mol. The minimum absolute atomic E-state index is 0.0435. The molecule has 0 spiro atoms. The van der Waals surface area contributed by atoms with Crippen LogP contribution in [0.1, 0.15) is 31.2 Å². The van der Waals surface area contributed by atoms with Gasteiger partial charge in [-0.3, -0.25) is 4.79 Å². The van der Waals surface area contributed by atoms with Crippen LogP contribution in [0.5, 0.6) is 0 Å². The minimum atomic E-state index is 0.0435. The molecule has 4 nitrogen and oxygen atoms in total. The van der Waals surface area contributed by atoms with Gasteiger partial charge in [-0.1, -0.05) is 41.4 Å². The number of pyridine rings is 1. The molecule has 0 radical (unpaired) electrons. The normalized spacial score (nSPS) is 19.6. The largest absolute Gasteiger partial charge is 0.369 e. The number of hydrogen-bond donors (Lipinski definition) is 3. The number of fused-ring (bicyclic) bond motifs is 1. The monoisotopic (exact) mass is 415 g/mol. The highest BCUT2D eigenvalue weighted by Gasteiger charge is 2.22. The maximum absolute atomic E-state index is 12.3. The fourth-order valence-corrected chi connectivity index (χ4v) is 4.23. The van der Waals surface area contributed by atoms with Crippen molar-refractivity contribution in [1.82, 2.24) is 10.3 Å². The first-order chi connectivity index (χ1) is 13.6. The summed E-state index contributed by atoms with van der Waals surface area (Å²) >= 11 is 12.1. The summed E-state index contributed by atoms with van der Waals surface area (Å²) in [4.78, 5) is 15.7. The Labute approximate surface area is 174 Å². The molecule has 1 aliphatic carbocycles. The molecule has 1 aliphatic rings. The summed E-state index contributed by atoms with van der Waals surface area (Å²) < 4.78 is 0. The molecule has 0 bridgehead atoms. The fourth-order valence-electron chi connectivity index (χ4n) is 3.91. The quantitative estimate of drug-likeness (QED) is 0.526. The van der Waals surface area contributed by atoms with Gasteiger partial charge in [0.2, 0.25) is 0 Å². The molecule has 0 unspecified atom stereocenters. The summed E-state index contributed by atoms with van der Waals surface area (Å²) in [5.41, 5.74) is 2.04. The van der Waals surface area contributed by atoms with Crippen molar-refractivity contribution in [2.24, 2.45) is 0 Å². The van der Waals surface area contributed by atoms with Gasteiger partial charge in [-0.2, -0.15) is 0 Å². The van der Waals surface area contributed by atoms with Crippen molar-refractivity contribution in [1.29, 1.82) is 0 Å². The van der Waals surface area contributed by atoms with E-state index in [1.807, 2.05) is 42.5 Å². The number of H-pyrrole nitrogens is 1. The lowest BCUT2D eigenvalue weighted by Crippen LogP contribution is -2.38. The van der Waals surface area contributed by atoms with Gasteiger partial charge in [0.05, 0.1) is 15.6 Å². The number of aromatic amines is 1. The standard InChI is InChI=1S/C22H23Cl2N3O/c23-18-9-8-14(10-19(18)24)13-25-15-4-3-5-16(11-15)26-22-12-21(28)17-6-1-2-7-20(17)27-22/h1-2,6-10,12,15-16,25H,3-5,11,13H2,(H2,26,27,28)/t15-,16+/m1/s1. The smallest absolute Gasteiger partial charge is 0.191 e. The van der Waals surface area contributed by atoms with Crippen molar-refractivity contribution < 1.29 is 0 Å². The van der Waals surface area contributed by atoms with Gasteiger partial charge in [-0.25, -0.2) is 0 Å². The van der Waals surface area contributed by atoms with E-state index in [1.54, 1.807) is 6.07 Å². The molecule has 3 N–H and O–H groups in total. The molecule has 6 heteroatoms. The van der Waals surface area contributed by atoms with Gasteiger partial charge in [-0.05, 0) is 55.5 Å². The lowest BCUT2D eigenvalue weighted by Gasteiger charge is -2.31. The maximum Gasteiger partial charge on any atom is 0.191 e. The number of anilines is 1. The van der Waals surface area contributed by atoms with Crippen molar-refractivity contribution in [3.05, 3.63) is 74.4 Å². The van der Waals surface area contributed by atoms with Crippen LogP contribution in [-0.2, 0) is 6.54 Å². The Morgan fingerprint density at radius 2 is 1.82 bits per heavy atom. The number of halogens is 2. The van der Waals surface area contributed by atoms with E-state index >= 15 is 0 Å². The molecule has 146 valence electrons. The van der Waals surface area contributed by atoms with Crippen LogP contribution in [0.15, 0.2) is 53.3 Å². The van der Waals surface area contributed by atoms with Gasteiger partial charge in [0.15, 0.2) is 5.43 Å². The summed E-state index contributed by atoms with van der Waals surface area (Å²) in [7, 11) is 0. The van der Waals surface area contributed by atoms with Crippen LogP contribution < -0.4 is 16.1 Å². The van der Waals surface area contributed by atoms with E-state index in [-0.39, 0.29) is 5.43 Å².